The Hall–Kier alpha value is -0.918. The van der Waals surface area contributed by atoms with Crippen molar-refractivity contribution in [1.82, 2.24) is 14.6 Å². The maximum Gasteiger partial charge on any atom is 0.0641 e. The normalized spacial score (nSPS) is 9.75. The van der Waals surface area contributed by atoms with Gasteiger partial charge in [-0.05, 0) is 6.92 Å². The average molecular weight is 333 g/mol. The van der Waals surface area contributed by atoms with Gasteiger partial charge < -0.3 is 5.73 Å². The van der Waals surface area contributed by atoms with E-state index in [4.69, 9.17) is 5.73 Å². The number of fused-ring (bicyclic) bond motifs is 1. The van der Waals surface area contributed by atoms with E-state index in [0.29, 0.717) is 11.3 Å². The molecule has 12 heavy (non-hydrogen) atoms. The summed E-state index contributed by atoms with van der Waals surface area (Å²) in [4.78, 5) is 4.14. The number of nitrogens with two attached hydrogens (primary N) is 1. The minimum Gasteiger partial charge on any atom is -0.430 e. The summed E-state index contributed by atoms with van der Waals surface area (Å²) < 4.78 is 1.64. The van der Waals surface area contributed by atoms with Crippen molar-refractivity contribution in [2.24, 2.45) is 0 Å². The number of hydrogen-bond acceptors (Lipinski definition) is 3. The Morgan fingerprint density at radius 3 is 3.08 bits per heavy atom. The number of hydrogen-bond donors (Lipinski definition) is 1. The Labute approximate surface area is 83.4 Å². The van der Waals surface area contributed by atoms with Gasteiger partial charge in [-0.15, -0.1) is 5.69 Å². The summed E-state index contributed by atoms with van der Waals surface area (Å²) in [5, 5.41) is 4.00. The Balaban J connectivity index is 0.000000720. The standard InChI is InChI=1S/C7H7N4.Re/c1-5-4-11-7(10-5)2-6(8)3-9-11;/h3-4H,8H2,1H3;/q-1;. The Morgan fingerprint density at radius 1 is 1.58 bits per heavy atom. The summed E-state index contributed by atoms with van der Waals surface area (Å²) in [7, 11) is 0. The van der Waals surface area contributed by atoms with Gasteiger partial charge in [-0.1, -0.05) is 6.20 Å². The molecule has 0 saturated carbocycles. The van der Waals surface area contributed by atoms with Crippen molar-refractivity contribution in [3.8, 4) is 0 Å². The van der Waals surface area contributed by atoms with Crippen LogP contribution in [0, 0.1) is 13.0 Å². The molecule has 0 atom stereocenters. The zero-order valence-corrected chi connectivity index (χ0v) is 9.17. The molecule has 0 unspecified atom stereocenters. The first-order chi connectivity index (χ1) is 5.25. The smallest absolute Gasteiger partial charge is 0.0641 e. The fraction of sp³-hybridized carbons (Fsp3) is 0.143. The zero-order valence-electron chi connectivity index (χ0n) is 6.45. The molecule has 2 aromatic heterocycles. The molecule has 0 aliphatic carbocycles. The monoisotopic (exact) mass is 334 g/mol. The van der Waals surface area contributed by atoms with Crippen molar-refractivity contribution in [2.45, 2.75) is 6.92 Å². The molecule has 0 aromatic carbocycles. The number of imidazole rings is 1. The zero-order chi connectivity index (χ0) is 7.84. The molecule has 2 N–H and O–H groups in total. The number of rotatable bonds is 0. The molecule has 2 heterocycles. The van der Waals surface area contributed by atoms with Gasteiger partial charge in [0.15, 0.2) is 0 Å². The Morgan fingerprint density at radius 2 is 2.33 bits per heavy atom. The molecule has 63 valence electrons. The van der Waals surface area contributed by atoms with Gasteiger partial charge >= 0.3 is 0 Å². The van der Waals surface area contributed by atoms with Gasteiger partial charge in [0.05, 0.1) is 11.3 Å². The van der Waals surface area contributed by atoms with E-state index in [0.717, 1.165) is 5.69 Å². The molecule has 2 aromatic rings. The van der Waals surface area contributed by atoms with Gasteiger partial charge in [-0.2, -0.15) is 6.07 Å². The number of aryl methyl sites for hydroxylation is 1. The van der Waals surface area contributed by atoms with Crippen molar-refractivity contribution in [2.75, 3.05) is 5.73 Å². The van der Waals surface area contributed by atoms with Gasteiger partial charge in [-0.25, -0.2) is 0 Å². The molecule has 2 rings (SSSR count). The molecule has 5 heteroatoms. The van der Waals surface area contributed by atoms with Crippen molar-refractivity contribution in [1.29, 1.82) is 0 Å². The first-order valence-corrected chi connectivity index (χ1v) is 3.25. The molecule has 0 saturated heterocycles. The minimum absolute atomic E-state index is 0. The van der Waals surface area contributed by atoms with Gasteiger partial charge in [0.2, 0.25) is 0 Å². The van der Waals surface area contributed by atoms with Crippen LogP contribution in [0.4, 0.5) is 5.69 Å². The summed E-state index contributed by atoms with van der Waals surface area (Å²) in [5.74, 6) is 0. The average Bonchev–Trinajstić information content (AvgIpc) is 2.27. The van der Waals surface area contributed by atoms with Crippen LogP contribution in [0.2, 0.25) is 0 Å². The fourth-order valence-electron chi connectivity index (χ4n) is 0.944. The minimum atomic E-state index is 0. The van der Waals surface area contributed by atoms with E-state index < -0.39 is 0 Å². The summed E-state index contributed by atoms with van der Waals surface area (Å²) >= 11 is 0. The van der Waals surface area contributed by atoms with Crippen molar-refractivity contribution in [3.05, 3.63) is 24.2 Å². The first kappa shape index (κ1) is 9.17. The van der Waals surface area contributed by atoms with Gasteiger partial charge in [0.1, 0.15) is 0 Å². The van der Waals surface area contributed by atoms with E-state index in [9.17, 15) is 0 Å². The molecule has 0 bridgehead atoms. The van der Waals surface area contributed by atoms with E-state index >= 15 is 0 Å². The summed E-state index contributed by atoms with van der Waals surface area (Å²) in [6.45, 7) is 1.90. The van der Waals surface area contributed by atoms with E-state index in [1.807, 2.05) is 13.1 Å². The summed E-state index contributed by atoms with van der Waals surface area (Å²) in [6, 6.07) is 2.88. The third-order valence-corrected chi connectivity index (χ3v) is 1.39. The molecule has 0 aliphatic rings. The van der Waals surface area contributed by atoms with Crippen LogP contribution in [-0.2, 0) is 20.4 Å². The third kappa shape index (κ3) is 1.47. The number of aromatic nitrogens is 3. The SMILES string of the molecule is Cc1cn2ncc(N)[c-]c2n1.[Re]. The number of nitrogens with zero attached hydrogens (tertiary/aromatic N) is 3. The molecular weight excluding hydrogens is 326 g/mol. The molecule has 4 nitrogen and oxygen atoms in total. The molecule has 0 amide bonds. The van der Waals surface area contributed by atoms with Crippen LogP contribution in [0.5, 0.6) is 0 Å². The van der Waals surface area contributed by atoms with Crippen LogP contribution in [0.3, 0.4) is 0 Å². The van der Waals surface area contributed by atoms with E-state index in [-0.39, 0.29) is 20.4 Å². The molecule has 0 fully saturated rings. The maximum absolute atomic E-state index is 5.46. The summed E-state index contributed by atoms with van der Waals surface area (Å²) in [6.07, 6.45) is 3.37. The third-order valence-electron chi connectivity index (χ3n) is 1.39. The number of nitrogen functional groups attached to an aromatic ring is 1. The van der Waals surface area contributed by atoms with Crippen LogP contribution in [0.25, 0.3) is 5.65 Å². The van der Waals surface area contributed by atoms with Gasteiger partial charge in [0.25, 0.3) is 0 Å². The largest absolute Gasteiger partial charge is 0.430 e. The van der Waals surface area contributed by atoms with Crippen LogP contribution >= 0.6 is 0 Å². The maximum atomic E-state index is 5.46. The Kier molecular flexibility index (Phi) is 2.46. The molecule has 1 radical (unpaired) electrons. The topological polar surface area (TPSA) is 56.2 Å². The second-order valence-corrected chi connectivity index (χ2v) is 2.38. The van der Waals surface area contributed by atoms with Gasteiger partial charge in [0, 0.05) is 26.6 Å². The van der Waals surface area contributed by atoms with Crippen LogP contribution in [0.15, 0.2) is 12.4 Å². The second kappa shape index (κ2) is 3.22. The Bertz CT molecular complexity index is 395. The quantitative estimate of drug-likeness (QED) is 0.711. The molecule has 0 aliphatic heterocycles. The van der Waals surface area contributed by atoms with Crippen LogP contribution < -0.4 is 5.73 Å². The van der Waals surface area contributed by atoms with E-state index in [1.165, 1.54) is 0 Å². The van der Waals surface area contributed by atoms with Gasteiger partial charge in [-0.3, -0.25) is 14.6 Å². The fourth-order valence-corrected chi connectivity index (χ4v) is 0.944. The van der Waals surface area contributed by atoms with Crippen molar-refractivity contribution >= 4 is 11.3 Å². The molecular formula is C7H7N4Re-. The second-order valence-electron chi connectivity index (χ2n) is 2.38. The van der Waals surface area contributed by atoms with E-state index in [2.05, 4.69) is 16.1 Å². The number of anilines is 1. The first-order valence-electron chi connectivity index (χ1n) is 3.25. The van der Waals surface area contributed by atoms with Crippen LogP contribution in [0.1, 0.15) is 5.69 Å². The van der Waals surface area contributed by atoms with Crippen molar-refractivity contribution < 1.29 is 20.4 Å². The predicted molar refractivity (Wildman–Crippen MR) is 41.0 cm³/mol. The predicted octanol–water partition coefficient (Wildman–Crippen LogP) is 0.418. The van der Waals surface area contributed by atoms with Crippen molar-refractivity contribution in [3.63, 3.8) is 0 Å². The van der Waals surface area contributed by atoms with Crippen LogP contribution in [-0.4, -0.2) is 14.6 Å². The molecule has 0 spiro atoms. The van der Waals surface area contributed by atoms with E-state index in [1.54, 1.807) is 10.7 Å². The summed E-state index contributed by atoms with van der Waals surface area (Å²) in [5.41, 5.74) is 7.56.